The van der Waals surface area contributed by atoms with Crippen molar-refractivity contribution in [2.75, 3.05) is 6.61 Å². The Morgan fingerprint density at radius 3 is 2.24 bits per heavy atom. The number of hydrogen-bond donors (Lipinski definition) is 0. The molecule has 0 radical (unpaired) electrons. The normalized spacial score (nSPS) is 25.4. The summed E-state index contributed by atoms with van der Waals surface area (Å²) in [6, 6.07) is 20.0. The molecule has 0 aromatic heterocycles. The number of rotatable bonds is 8. The molecule has 174 valence electrons. The van der Waals surface area contributed by atoms with Gasteiger partial charge in [-0.3, -0.25) is 4.79 Å². The summed E-state index contributed by atoms with van der Waals surface area (Å²) in [7, 11) is 0. The fourth-order valence-corrected chi connectivity index (χ4v) is 5.81. The van der Waals surface area contributed by atoms with E-state index in [4.69, 9.17) is 4.74 Å². The molecule has 0 saturated heterocycles. The van der Waals surface area contributed by atoms with Gasteiger partial charge in [-0.05, 0) is 85.6 Å². The minimum absolute atomic E-state index is 0.269. The number of benzene rings is 2. The average Bonchev–Trinajstić information content (AvgIpc) is 2.87. The third-order valence-electron chi connectivity index (χ3n) is 7.95. The highest BCUT2D eigenvalue weighted by molar-refractivity contribution is 5.79. The predicted molar refractivity (Wildman–Crippen MR) is 133 cm³/mol. The fraction of sp³-hybridized carbons (Fsp3) is 0.533. The molecule has 2 aliphatic rings. The van der Waals surface area contributed by atoms with E-state index in [1.807, 2.05) is 0 Å². The van der Waals surface area contributed by atoms with Gasteiger partial charge in [-0.2, -0.15) is 5.26 Å². The lowest BCUT2D eigenvalue weighted by atomic mass is 9.60. The molecule has 0 bridgehead atoms. The van der Waals surface area contributed by atoms with E-state index in [2.05, 4.69) is 61.5 Å². The van der Waals surface area contributed by atoms with Gasteiger partial charge >= 0.3 is 0 Å². The zero-order valence-electron chi connectivity index (χ0n) is 20.0. The first kappa shape index (κ1) is 23.6. The molecule has 3 heteroatoms. The van der Waals surface area contributed by atoms with Gasteiger partial charge in [-0.1, -0.05) is 56.2 Å². The summed E-state index contributed by atoms with van der Waals surface area (Å²) in [5, 5.41) is 10.0. The van der Waals surface area contributed by atoms with Crippen molar-refractivity contribution >= 4 is 5.78 Å². The topological polar surface area (TPSA) is 50.1 Å². The van der Waals surface area contributed by atoms with E-state index >= 15 is 0 Å². The van der Waals surface area contributed by atoms with E-state index in [0.717, 1.165) is 57.3 Å². The molecule has 3 nitrogen and oxygen atoms in total. The number of hydrogen-bond acceptors (Lipinski definition) is 3. The van der Waals surface area contributed by atoms with Crippen molar-refractivity contribution in [3.63, 3.8) is 0 Å². The quantitative estimate of drug-likeness (QED) is 0.390. The zero-order valence-corrected chi connectivity index (χ0v) is 20.0. The van der Waals surface area contributed by atoms with Crippen molar-refractivity contribution in [2.24, 2.45) is 11.3 Å². The van der Waals surface area contributed by atoms with Crippen LogP contribution in [-0.4, -0.2) is 12.4 Å². The number of nitriles is 1. The highest BCUT2D eigenvalue weighted by Gasteiger charge is 2.43. The molecule has 2 aliphatic carbocycles. The number of carbonyl (C=O) groups is 1. The largest absolute Gasteiger partial charge is 0.494 e. The van der Waals surface area contributed by atoms with Gasteiger partial charge in [0.15, 0.2) is 0 Å². The van der Waals surface area contributed by atoms with Gasteiger partial charge in [0.1, 0.15) is 11.5 Å². The summed E-state index contributed by atoms with van der Waals surface area (Å²) in [5.41, 5.74) is 3.52. The fourth-order valence-electron chi connectivity index (χ4n) is 5.81. The summed E-state index contributed by atoms with van der Waals surface area (Å²) in [6.45, 7) is 2.99. The Balaban J connectivity index is 1.34. The summed E-state index contributed by atoms with van der Waals surface area (Å²) in [6.07, 6.45) is 10.8. The summed E-state index contributed by atoms with van der Waals surface area (Å²) in [5.74, 6) is 2.08. The number of ketones is 1. The number of ether oxygens (including phenoxy) is 1. The standard InChI is InChI=1S/C30H37NO2/c1-2-3-4-20-33-29-14-12-25(13-15-29)23-8-10-24(11-9-23)26-16-18-30(22-31,19-17-26)27-6-5-7-28(32)21-27/h8-15,26-27H,2-7,16-21H2,1H3/t26?,27-,30?/m1/s1. The first-order valence-electron chi connectivity index (χ1n) is 12.9. The van der Waals surface area contributed by atoms with Crippen molar-refractivity contribution in [2.45, 2.75) is 83.5 Å². The molecule has 0 N–H and O–H groups in total. The third-order valence-corrected chi connectivity index (χ3v) is 7.95. The molecule has 0 amide bonds. The molecule has 4 rings (SSSR count). The molecule has 1 atom stereocenters. The first-order chi connectivity index (χ1) is 16.1. The Hall–Kier alpha value is -2.60. The Kier molecular flexibility index (Phi) is 7.86. The highest BCUT2D eigenvalue weighted by Crippen LogP contribution is 2.50. The maximum atomic E-state index is 12.0. The minimum atomic E-state index is -0.285. The molecule has 2 fully saturated rings. The van der Waals surface area contributed by atoms with E-state index in [-0.39, 0.29) is 11.3 Å². The second kappa shape index (κ2) is 11.0. The molecule has 33 heavy (non-hydrogen) atoms. The van der Waals surface area contributed by atoms with Crippen molar-refractivity contribution in [3.8, 4) is 22.9 Å². The van der Waals surface area contributed by atoms with E-state index < -0.39 is 0 Å². The Morgan fingerprint density at radius 2 is 1.64 bits per heavy atom. The van der Waals surface area contributed by atoms with Crippen LogP contribution in [0.3, 0.4) is 0 Å². The van der Waals surface area contributed by atoms with E-state index in [0.29, 0.717) is 24.5 Å². The monoisotopic (exact) mass is 443 g/mol. The van der Waals surface area contributed by atoms with E-state index in [1.54, 1.807) is 0 Å². The van der Waals surface area contributed by atoms with Crippen LogP contribution in [-0.2, 0) is 4.79 Å². The molecule has 0 heterocycles. The van der Waals surface area contributed by atoms with Crippen molar-refractivity contribution in [1.82, 2.24) is 0 Å². The molecular weight excluding hydrogens is 406 g/mol. The molecule has 2 saturated carbocycles. The van der Waals surface area contributed by atoms with Crippen LogP contribution in [0.25, 0.3) is 11.1 Å². The smallest absolute Gasteiger partial charge is 0.133 e. The second-order valence-corrected chi connectivity index (χ2v) is 10.1. The molecule has 0 spiro atoms. The van der Waals surface area contributed by atoms with Gasteiger partial charge in [0.25, 0.3) is 0 Å². The van der Waals surface area contributed by atoms with Gasteiger partial charge in [-0.25, -0.2) is 0 Å². The summed E-state index contributed by atoms with van der Waals surface area (Å²) < 4.78 is 5.83. The van der Waals surface area contributed by atoms with Crippen LogP contribution in [0.2, 0.25) is 0 Å². The average molecular weight is 444 g/mol. The predicted octanol–water partition coefficient (Wildman–Crippen LogP) is 7.85. The first-order valence-corrected chi connectivity index (χ1v) is 12.9. The number of Topliss-reactive ketones (excluding diaryl/α,β-unsaturated/α-hetero) is 1. The molecule has 0 aliphatic heterocycles. The Labute approximate surface area is 199 Å². The maximum Gasteiger partial charge on any atom is 0.133 e. The van der Waals surface area contributed by atoms with Crippen molar-refractivity contribution < 1.29 is 9.53 Å². The van der Waals surface area contributed by atoms with E-state index in [9.17, 15) is 10.1 Å². The van der Waals surface area contributed by atoms with E-state index in [1.165, 1.54) is 29.5 Å². The molecular formula is C30H37NO2. The van der Waals surface area contributed by atoms with Crippen LogP contribution in [0.1, 0.15) is 89.0 Å². The maximum absolute atomic E-state index is 12.0. The SMILES string of the molecule is CCCCCOc1ccc(-c2ccc(C3CCC(C#N)([C@@H]4CCCC(=O)C4)CC3)cc2)cc1. The minimum Gasteiger partial charge on any atom is -0.494 e. The Morgan fingerprint density at radius 1 is 0.970 bits per heavy atom. The van der Waals surface area contributed by atoms with Crippen LogP contribution in [0.5, 0.6) is 5.75 Å². The lowest BCUT2D eigenvalue weighted by molar-refractivity contribution is -0.123. The van der Waals surface area contributed by atoms with Crippen molar-refractivity contribution in [1.29, 1.82) is 5.26 Å². The van der Waals surface area contributed by atoms with Gasteiger partial charge in [-0.15, -0.1) is 0 Å². The van der Waals surface area contributed by atoms with Gasteiger partial charge in [0.2, 0.25) is 0 Å². The molecule has 2 aromatic rings. The number of nitrogens with zero attached hydrogens (tertiary/aromatic N) is 1. The van der Waals surface area contributed by atoms with Crippen LogP contribution in [0, 0.1) is 22.7 Å². The lowest BCUT2D eigenvalue weighted by Gasteiger charge is -2.42. The van der Waals surface area contributed by atoms with Crippen LogP contribution in [0.4, 0.5) is 0 Å². The van der Waals surface area contributed by atoms with Gasteiger partial charge in [0, 0.05) is 12.8 Å². The third kappa shape index (κ3) is 5.67. The molecule has 0 unspecified atom stereocenters. The summed E-state index contributed by atoms with van der Waals surface area (Å²) >= 11 is 0. The Bertz CT molecular complexity index is 946. The number of unbranched alkanes of at least 4 members (excludes halogenated alkanes) is 2. The zero-order chi connectivity index (χ0) is 23.1. The molecule has 2 aromatic carbocycles. The van der Waals surface area contributed by atoms with Gasteiger partial charge < -0.3 is 4.74 Å². The summed E-state index contributed by atoms with van der Waals surface area (Å²) in [4.78, 5) is 12.0. The van der Waals surface area contributed by atoms with Crippen LogP contribution < -0.4 is 4.74 Å². The highest BCUT2D eigenvalue weighted by atomic mass is 16.5. The van der Waals surface area contributed by atoms with Gasteiger partial charge in [0.05, 0.1) is 18.1 Å². The van der Waals surface area contributed by atoms with Crippen LogP contribution >= 0.6 is 0 Å². The lowest BCUT2D eigenvalue weighted by Crippen LogP contribution is -2.36. The second-order valence-electron chi connectivity index (χ2n) is 10.1. The van der Waals surface area contributed by atoms with Crippen molar-refractivity contribution in [3.05, 3.63) is 54.1 Å². The number of carbonyl (C=O) groups excluding carboxylic acids is 1. The van der Waals surface area contributed by atoms with Crippen LogP contribution in [0.15, 0.2) is 48.5 Å².